The Hall–Kier alpha value is -1.22. The van der Waals surface area contributed by atoms with Gasteiger partial charge in [0, 0.05) is 42.6 Å². The lowest BCUT2D eigenvalue weighted by molar-refractivity contribution is 0.0954. The summed E-state index contributed by atoms with van der Waals surface area (Å²) in [5.41, 5.74) is 7.86. The number of hydrogen-bond acceptors (Lipinski definition) is 3. The van der Waals surface area contributed by atoms with Crippen LogP contribution in [0.3, 0.4) is 0 Å². The third-order valence-corrected chi connectivity index (χ3v) is 3.84. The van der Waals surface area contributed by atoms with E-state index in [-0.39, 0.29) is 0 Å². The van der Waals surface area contributed by atoms with Crippen LogP contribution in [0.25, 0.3) is 0 Å². The molecule has 1 aromatic carbocycles. The first-order valence-corrected chi connectivity index (χ1v) is 6.87. The minimum atomic E-state index is 0.589. The fourth-order valence-corrected chi connectivity index (χ4v) is 3.25. The summed E-state index contributed by atoms with van der Waals surface area (Å²) in [5.74, 6) is 0. The summed E-state index contributed by atoms with van der Waals surface area (Å²) in [4.78, 5) is 5.07. The van der Waals surface area contributed by atoms with Crippen LogP contribution in [0.2, 0.25) is 0 Å². The molecule has 1 saturated heterocycles. The van der Waals surface area contributed by atoms with E-state index in [4.69, 9.17) is 5.73 Å². The first-order valence-electron chi connectivity index (χ1n) is 6.87. The molecule has 2 atom stereocenters. The molecule has 1 aromatic rings. The maximum absolute atomic E-state index is 5.75. The minimum Gasteiger partial charge on any atom is -0.399 e. The monoisotopic (exact) mass is 247 g/mol. The van der Waals surface area contributed by atoms with Crippen molar-refractivity contribution in [2.45, 2.75) is 45.8 Å². The third-order valence-electron chi connectivity index (χ3n) is 3.84. The van der Waals surface area contributed by atoms with Gasteiger partial charge in [0.05, 0.1) is 0 Å². The van der Waals surface area contributed by atoms with Gasteiger partial charge in [-0.15, -0.1) is 0 Å². The van der Waals surface area contributed by atoms with E-state index in [0.717, 1.165) is 18.8 Å². The number of nitrogens with zero attached hydrogens (tertiary/aromatic N) is 2. The summed E-state index contributed by atoms with van der Waals surface area (Å²) in [5, 5.41) is 0. The lowest BCUT2D eigenvalue weighted by Crippen LogP contribution is -2.58. The molecule has 0 radical (unpaired) electrons. The standard InChI is InChI=1S/C15H25N3/c1-11(2)18-12(3)9-17(10-13(18)4)15-7-5-14(16)6-8-15/h5-8,11-13H,9-10,16H2,1-4H3/t12-,13+. The molecule has 0 aliphatic carbocycles. The summed E-state index contributed by atoms with van der Waals surface area (Å²) in [6, 6.07) is 10.0. The normalized spacial score (nSPS) is 25.7. The van der Waals surface area contributed by atoms with Crippen molar-refractivity contribution in [1.82, 2.24) is 4.90 Å². The van der Waals surface area contributed by atoms with Gasteiger partial charge >= 0.3 is 0 Å². The lowest BCUT2D eigenvalue weighted by Gasteiger charge is -2.47. The highest BCUT2D eigenvalue weighted by Gasteiger charge is 2.30. The molecule has 3 nitrogen and oxygen atoms in total. The van der Waals surface area contributed by atoms with Gasteiger partial charge in [-0.05, 0) is 52.0 Å². The number of rotatable bonds is 2. The van der Waals surface area contributed by atoms with E-state index in [1.807, 2.05) is 12.1 Å². The molecule has 1 aliphatic heterocycles. The molecule has 18 heavy (non-hydrogen) atoms. The van der Waals surface area contributed by atoms with E-state index in [1.165, 1.54) is 5.69 Å². The predicted molar refractivity (Wildman–Crippen MR) is 79.0 cm³/mol. The number of nitrogen functional groups attached to an aromatic ring is 1. The quantitative estimate of drug-likeness (QED) is 0.815. The fourth-order valence-electron chi connectivity index (χ4n) is 3.25. The van der Waals surface area contributed by atoms with Crippen molar-refractivity contribution < 1.29 is 0 Å². The van der Waals surface area contributed by atoms with E-state index >= 15 is 0 Å². The topological polar surface area (TPSA) is 32.5 Å². The summed E-state index contributed by atoms with van der Waals surface area (Å²) in [6.07, 6.45) is 0. The predicted octanol–water partition coefficient (Wildman–Crippen LogP) is 2.58. The molecule has 0 spiro atoms. The Kier molecular flexibility index (Phi) is 3.81. The summed E-state index contributed by atoms with van der Waals surface area (Å²) < 4.78 is 0. The van der Waals surface area contributed by atoms with Gasteiger partial charge in [0.1, 0.15) is 0 Å². The van der Waals surface area contributed by atoms with Crippen molar-refractivity contribution >= 4 is 11.4 Å². The van der Waals surface area contributed by atoms with Crippen molar-refractivity contribution in [2.75, 3.05) is 23.7 Å². The van der Waals surface area contributed by atoms with Gasteiger partial charge in [0.2, 0.25) is 0 Å². The Morgan fingerprint density at radius 3 is 2.00 bits per heavy atom. The van der Waals surface area contributed by atoms with Gasteiger partial charge in [0.15, 0.2) is 0 Å². The molecular weight excluding hydrogens is 222 g/mol. The lowest BCUT2D eigenvalue weighted by atomic mass is 10.0. The first-order chi connectivity index (χ1) is 8.49. The highest BCUT2D eigenvalue weighted by Crippen LogP contribution is 2.24. The van der Waals surface area contributed by atoms with Crippen LogP contribution in [0.5, 0.6) is 0 Å². The average molecular weight is 247 g/mol. The SMILES string of the molecule is CC(C)N1[C@H](C)CN(c2ccc(N)cc2)C[C@@H]1C. The number of anilines is 2. The van der Waals surface area contributed by atoms with Gasteiger partial charge in [-0.1, -0.05) is 0 Å². The molecule has 1 heterocycles. The zero-order valence-corrected chi connectivity index (χ0v) is 11.9. The molecule has 0 aromatic heterocycles. The second-order valence-electron chi connectivity index (χ2n) is 5.74. The van der Waals surface area contributed by atoms with Crippen LogP contribution in [0.15, 0.2) is 24.3 Å². The molecule has 0 bridgehead atoms. The highest BCUT2D eigenvalue weighted by atomic mass is 15.3. The van der Waals surface area contributed by atoms with Crippen LogP contribution in [-0.2, 0) is 0 Å². The zero-order valence-electron chi connectivity index (χ0n) is 11.9. The maximum Gasteiger partial charge on any atom is 0.0368 e. The summed E-state index contributed by atoms with van der Waals surface area (Å²) in [6.45, 7) is 11.4. The number of piperazine rings is 1. The highest BCUT2D eigenvalue weighted by molar-refractivity contribution is 5.53. The third kappa shape index (κ3) is 2.61. The Bertz CT molecular complexity index is 373. The summed E-state index contributed by atoms with van der Waals surface area (Å²) >= 11 is 0. The van der Waals surface area contributed by atoms with Gasteiger partial charge in [-0.25, -0.2) is 0 Å². The van der Waals surface area contributed by atoms with E-state index in [2.05, 4.69) is 49.6 Å². The van der Waals surface area contributed by atoms with E-state index in [0.29, 0.717) is 18.1 Å². The van der Waals surface area contributed by atoms with Gasteiger partial charge in [-0.3, -0.25) is 4.90 Å². The molecule has 0 amide bonds. The molecule has 1 fully saturated rings. The Labute approximate surface area is 111 Å². The smallest absolute Gasteiger partial charge is 0.0368 e. The number of hydrogen-bond donors (Lipinski definition) is 1. The van der Waals surface area contributed by atoms with Crippen LogP contribution in [0.1, 0.15) is 27.7 Å². The number of nitrogens with two attached hydrogens (primary N) is 1. The minimum absolute atomic E-state index is 0.589. The second-order valence-corrected chi connectivity index (χ2v) is 5.74. The zero-order chi connectivity index (χ0) is 13.3. The molecule has 0 unspecified atom stereocenters. The van der Waals surface area contributed by atoms with Crippen molar-refractivity contribution in [3.63, 3.8) is 0 Å². The maximum atomic E-state index is 5.75. The largest absolute Gasteiger partial charge is 0.399 e. The van der Waals surface area contributed by atoms with Crippen molar-refractivity contribution in [1.29, 1.82) is 0 Å². The van der Waals surface area contributed by atoms with Crippen LogP contribution in [0.4, 0.5) is 11.4 Å². The van der Waals surface area contributed by atoms with Crippen LogP contribution < -0.4 is 10.6 Å². The second kappa shape index (κ2) is 5.19. The Morgan fingerprint density at radius 1 is 1.06 bits per heavy atom. The van der Waals surface area contributed by atoms with Gasteiger partial charge < -0.3 is 10.6 Å². The van der Waals surface area contributed by atoms with E-state index < -0.39 is 0 Å². The molecular formula is C15H25N3. The number of benzene rings is 1. The van der Waals surface area contributed by atoms with Crippen molar-refractivity contribution in [3.05, 3.63) is 24.3 Å². The molecule has 1 aliphatic rings. The average Bonchev–Trinajstić information content (AvgIpc) is 2.28. The first kappa shape index (κ1) is 13.2. The van der Waals surface area contributed by atoms with Crippen molar-refractivity contribution in [2.24, 2.45) is 0 Å². The Morgan fingerprint density at radius 2 is 1.56 bits per heavy atom. The van der Waals surface area contributed by atoms with Gasteiger partial charge in [-0.2, -0.15) is 0 Å². The van der Waals surface area contributed by atoms with E-state index in [9.17, 15) is 0 Å². The van der Waals surface area contributed by atoms with Crippen LogP contribution in [-0.4, -0.2) is 36.1 Å². The van der Waals surface area contributed by atoms with Crippen molar-refractivity contribution in [3.8, 4) is 0 Å². The molecule has 0 saturated carbocycles. The molecule has 3 heteroatoms. The Balaban J connectivity index is 2.12. The fraction of sp³-hybridized carbons (Fsp3) is 0.600. The van der Waals surface area contributed by atoms with Crippen LogP contribution >= 0.6 is 0 Å². The van der Waals surface area contributed by atoms with E-state index in [1.54, 1.807) is 0 Å². The molecule has 2 N–H and O–H groups in total. The summed E-state index contributed by atoms with van der Waals surface area (Å²) in [7, 11) is 0. The molecule has 2 rings (SSSR count). The van der Waals surface area contributed by atoms with Gasteiger partial charge in [0.25, 0.3) is 0 Å². The molecule has 100 valence electrons. The van der Waals surface area contributed by atoms with Crippen LogP contribution in [0, 0.1) is 0 Å².